The summed E-state index contributed by atoms with van der Waals surface area (Å²) in [5, 5.41) is 3.05. The molecule has 1 aliphatic rings. The van der Waals surface area contributed by atoms with E-state index in [1.165, 1.54) is 5.56 Å². The fourth-order valence-corrected chi connectivity index (χ4v) is 3.84. The number of nitrogens with one attached hydrogen (secondary N) is 1. The maximum absolute atomic E-state index is 12.9. The van der Waals surface area contributed by atoms with E-state index in [0.717, 1.165) is 44.0 Å². The van der Waals surface area contributed by atoms with Gasteiger partial charge >= 0.3 is 0 Å². The molecule has 178 valence electrons. The number of benzene rings is 2. The minimum absolute atomic E-state index is 0.152. The van der Waals surface area contributed by atoms with Crippen molar-refractivity contribution in [3.8, 4) is 11.5 Å². The smallest absolute Gasteiger partial charge is 0.251 e. The maximum Gasteiger partial charge on any atom is 0.251 e. The molecule has 3 aromatic rings. The standard InChI is InChI=1S/C27H31N3O4/c1-2-33-26-16-22(9-10-25(26)34-20-21-6-5-11-28-17-21)27(31)29-18-23-7-3-4-8-24(23)19-30-12-14-32-15-13-30/h3-11,16-17H,2,12-15,18-20H2,1H3,(H,29,31). The third-order valence-corrected chi connectivity index (χ3v) is 5.68. The molecule has 1 aromatic heterocycles. The number of carbonyl (C=O) groups is 1. The van der Waals surface area contributed by atoms with Crippen molar-refractivity contribution in [2.24, 2.45) is 0 Å². The van der Waals surface area contributed by atoms with E-state index in [4.69, 9.17) is 14.2 Å². The molecule has 1 saturated heterocycles. The molecule has 0 saturated carbocycles. The summed E-state index contributed by atoms with van der Waals surface area (Å²) in [6.45, 7) is 7.46. The summed E-state index contributed by atoms with van der Waals surface area (Å²) < 4.78 is 17.1. The number of hydrogen-bond acceptors (Lipinski definition) is 6. The van der Waals surface area contributed by atoms with Crippen LogP contribution in [0.4, 0.5) is 0 Å². The number of rotatable bonds is 10. The average molecular weight is 462 g/mol. The Hall–Kier alpha value is -3.42. The minimum atomic E-state index is -0.152. The molecular formula is C27H31N3O4. The van der Waals surface area contributed by atoms with E-state index in [9.17, 15) is 4.79 Å². The monoisotopic (exact) mass is 461 g/mol. The third-order valence-electron chi connectivity index (χ3n) is 5.68. The van der Waals surface area contributed by atoms with Gasteiger partial charge in [0.25, 0.3) is 5.91 Å². The van der Waals surface area contributed by atoms with Crippen molar-refractivity contribution in [3.05, 3.63) is 89.2 Å². The Kier molecular flexibility index (Phi) is 8.48. The Bertz CT molecular complexity index is 1070. The molecule has 4 rings (SSSR count). The molecule has 0 unspecified atom stereocenters. The van der Waals surface area contributed by atoms with Gasteiger partial charge in [-0.2, -0.15) is 0 Å². The van der Waals surface area contributed by atoms with Crippen LogP contribution in [0.3, 0.4) is 0 Å². The Balaban J connectivity index is 1.39. The van der Waals surface area contributed by atoms with Crippen molar-refractivity contribution in [2.45, 2.75) is 26.6 Å². The van der Waals surface area contributed by atoms with Gasteiger partial charge < -0.3 is 19.5 Å². The number of hydrogen-bond donors (Lipinski definition) is 1. The maximum atomic E-state index is 12.9. The summed E-state index contributed by atoms with van der Waals surface area (Å²) >= 11 is 0. The first-order valence-electron chi connectivity index (χ1n) is 11.7. The lowest BCUT2D eigenvalue weighted by Gasteiger charge is -2.27. The first kappa shape index (κ1) is 23.7. The molecule has 1 amide bonds. The molecule has 2 aromatic carbocycles. The van der Waals surface area contributed by atoms with Gasteiger partial charge in [-0.25, -0.2) is 0 Å². The normalized spacial score (nSPS) is 13.9. The lowest BCUT2D eigenvalue weighted by molar-refractivity contribution is 0.0340. The zero-order valence-electron chi connectivity index (χ0n) is 19.5. The van der Waals surface area contributed by atoms with Crippen LogP contribution in [-0.4, -0.2) is 48.7 Å². The van der Waals surface area contributed by atoms with Crippen LogP contribution in [0, 0.1) is 0 Å². The number of nitrogens with zero attached hydrogens (tertiary/aromatic N) is 2. The fraction of sp³-hybridized carbons (Fsp3) is 0.333. The SMILES string of the molecule is CCOc1cc(C(=O)NCc2ccccc2CN2CCOCC2)ccc1OCc1cccnc1. The first-order chi connectivity index (χ1) is 16.7. The van der Waals surface area contributed by atoms with Crippen molar-refractivity contribution < 1.29 is 19.0 Å². The topological polar surface area (TPSA) is 72.9 Å². The van der Waals surface area contributed by atoms with E-state index in [1.54, 1.807) is 30.6 Å². The molecule has 0 radical (unpaired) electrons. The average Bonchev–Trinajstić information content (AvgIpc) is 2.88. The third kappa shape index (κ3) is 6.56. The van der Waals surface area contributed by atoms with Crippen LogP contribution in [0.2, 0.25) is 0 Å². The van der Waals surface area contributed by atoms with E-state index < -0.39 is 0 Å². The van der Waals surface area contributed by atoms with Crippen LogP contribution < -0.4 is 14.8 Å². The van der Waals surface area contributed by atoms with Crippen molar-refractivity contribution in [1.29, 1.82) is 0 Å². The van der Waals surface area contributed by atoms with Crippen molar-refractivity contribution >= 4 is 5.91 Å². The highest BCUT2D eigenvalue weighted by molar-refractivity contribution is 5.94. The Morgan fingerprint density at radius 1 is 1.03 bits per heavy atom. The molecule has 0 spiro atoms. The number of morpholine rings is 1. The van der Waals surface area contributed by atoms with Crippen LogP contribution >= 0.6 is 0 Å². The van der Waals surface area contributed by atoms with E-state index in [2.05, 4.69) is 27.3 Å². The van der Waals surface area contributed by atoms with E-state index in [1.807, 2.05) is 31.2 Å². The molecule has 0 atom stereocenters. The second-order valence-corrected chi connectivity index (χ2v) is 8.08. The van der Waals surface area contributed by atoms with Gasteiger partial charge in [-0.05, 0) is 42.3 Å². The van der Waals surface area contributed by atoms with E-state index >= 15 is 0 Å². The van der Waals surface area contributed by atoms with Crippen molar-refractivity contribution in [3.63, 3.8) is 0 Å². The van der Waals surface area contributed by atoms with Gasteiger partial charge in [0.2, 0.25) is 0 Å². The van der Waals surface area contributed by atoms with E-state index in [-0.39, 0.29) is 5.91 Å². The van der Waals surface area contributed by atoms with Crippen LogP contribution in [0.1, 0.15) is 34.0 Å². The first-order valence-corrected chi connectivity index (χ1v) is 11.7. The molecular weight excluding hydrogens is 430 g/mol. The van der Waals surface area contributed by atoms with Gasteiger partial charge in [-0.15, -0.1) is 0 Å². The Morgan fingerprint density at radius 2 is 1.85 bits per heavy atom. The Morgan fingerprint density at radius 3 is 2.62 bits per heavy atom. The predicted molar refractivity (Wildman–Crippen MR) is 130 cm³/mol. The summed E-state index contributed by atoms with van der Waals surface area (Å²) in [4.78, 5) is 19.4. The molecule has 7 heteroatoms. The van der Waals surface area contributed by atoms with Crippen LogP contribution in [0.15, 0.2) is 67.0 Å². The zero-order chi connectivity index (χ0) is 23.6. The second kappa shape index (κ2) is 12.2. The van der Waals surface area contributed by atoms with Gasteiger partial charge in [-0.3, -0.25) is 14.7 Å². The van der Waals surface area contributed by atoms with Crippen LogP contribution in [0.5, 0.6) is 11.5 Å². The highest BCUT2D eigenvalue weighted by Gasteiger charge is 2.15. The van der Waals surface area contributed by atoms with Gasteiger partial charge in [-0.1, -0.05) is 30.3 Å². The predicted octanol–water partition coefficient (Wildman–Crippen LogP) is 3.82. The molecule has 1 fully saturated rings. The zero-order valence-corrected chi connectivity index (χ0v) is 19.5. The summed E-state index contributed by atoms with van der Waals surface area (Å²) in [5.74, 6) is 0.991. The highest BCUT2D eigenvalue weighted by Crippen LogP contribution is 2.29. The summed E-state index contributed by atoms with van der Waals surface area (Å²) in [5.41, 5.74) is 3.83. The summed E-state index contributed by atoms with van der Waals surface area (Å²) in [7, 11) is 0. The number of ether oxygens (including phenoxy) is 3. The van der Waals surface area contributed by atoms with Crippen molar-refractivity contribution in [2.75, 3.05) is 32.9 Å². The lowest BCUT2D eigenvalue weighted by atomic mass is 10.1. The molecule has 1 N–H and O–H groups in total. The highest BCUT2D eigenvalue weighted by atomic mass is 16.5. The summed E-state index contributed by atoms with van der Waals surface area (Å²) in [6, 6.07) is 17.3. The Labute approximate surface area is 200 Å². The molecule has 7 nitrogen and oxygen atoms in total. The number of pyridine rings is 1. The molecule has 1 aliphatic heterocycles. The minimum Gasteiger partial charge on any atom is -0.490 e. The number of aromatic nitrogens is 1. The molecule has 2 heterocycles. The molecule has 0 aliphatic carbocycles. The summed E-state index contributed by atoms with van der Waals surface area (Å²) in [6.07, 6.45) is 3.49. The van der Waals surface area contributed by atoms with Gasteiger partial charge in [0.1, 0.15) is 6.61 Å². The number of amides is 1. The lowest BCUT2D eigenvalue weighted by Crippen LogP contribution is -2.36. The van der Waals surface area contributed by atoms with Gasteiger partial charge in [0.05, 0.1) is 19.8 Å². The van der Waals surface area contributed by atoms with Crippen LogP contribution in [0.25, 0.3) is 0 Å². The van der Waals surface area contributed by atoms with E-state index in [0.29, 0.717) is 36.8 Å². The number of carbonyl (C=O) groups excluding carboxylic acids is 1. The molecule has 34 heavy (non-hydrogen) atoms. The quantitative estimate of drug-likeness (QED) is 0.495. The molecule has 0 bridgehead atoms. The van der Waals surface area contributed by atoms with Gasteiger partial charge in [0, 0.05) is 49.7 Å². The fourth-order valence-electron chi connectivity index (χ4n) is 3.84. The van der Waals surface area contributed by atoms with Gasteiger partial charge in [0.15, 0.2) is 11.5 Å². The van der Waals surface area contributed by atoms with Crippen molar-refractivity contribution in [1.82, 2.24) is 15.2 Å². The second-order valence-electron chi connectivity index (χ2n) is 8.08. The van der Waals surface area contributed by atoms with Crippen LogP contribution in [-0.2, 0) is 24.4 Å². The largest absolute Gasteiger partial charge is 0.490 e.